The van der Waals surface area contributed by atoms with Crippen LogP contribution >= 0.6 is 0 Å². The molecule has 26 heavy (non-hydrogen) atoms. The molecular weight excluding hydrogens is 323 g/mol. The third-order valence-corrected chi connectivity index (χ3v) is 5.13. The van der Waals surface area contributed by atoms with Gasteiger partial charge in [0.1, 0.15) is 13.4 Å². The molecule has 1 aromatic heterocycles. The summed E-state index contributed by atoms with van der Waals surface area (Å²) in [6.45, 7) is 6.20. The summed E-state index contributed by atoms with van der Waals surface area (Å²) in [5, 5.41) is 0. The number of amides is 1. The number of aliphatic imine (C=N–C) groups is 1. The normalized spacial score (nSPS) is 23.3. The second-order valence-electron chi connectivity index (χ2n) is 7.24. The summed E-state index contributed by atoms with van der Waals surface area (Å²) in [6.07, 6.45) is 1.63. The Labute approximate surface area is 155 Å². The van der Waals surface area contributed by atoms with E-state index in [1.54, 1.807) is 19.3 Å². The zero-order valence-corrected chi connectivity index (χ0v) is 15.6. The summed E-state index contributed by atoms with van der Waals surface area (Å²) >= 11 is 0. The van der Waals surface area contributed by atoms with E-state index in [2.05, 4.69) is 36.0 Å². The SMILES string of the molecule is [B]c1cc([C@@]2(C)N=C(N)N(C)C(=O)[C@H]2c2ccc(C(C)C)cc2)ccn1. The van der Waals surface area contributed by atoms with Crippen LogP contribution in [0.2, 0.25) is 0 Å². The summed E-state index contributed by atoms with van der Waals surface area (Å²) in [5.74, 6) is 0.0345. The van der Waals surface area contributed by atoms with Crippen LogP contribution in [0.4, 0.5) is 0 Å². The number of benzene rings is 1. The fourth-order valence-electron chi connectivity index (χ4n) is 3.46. The quantitative estimate of drug-likeness (QED) is 0.862. The fourth-order valence-corrected chi connectivity index (χ4v) is 3.46. The molecule has 2 aromatic rings. The number of hydrogen-bond donors (Lipinski definition) is 1. The van der Waals surface area contributed by atoms with Gasteiger partial charge in [-0.25, -0.2) is 4.99 Å². The maximum Gasteiger partial charge on any atom is 0.239 e. The number of nitrogens with two attached hydrogens (primary N) is 1. The third-order valence-electron chi connectivity index (χ3n) is 5.13. The van der Waals surface area contributed by atoms with E-state index in [9.17, 15) is 4.79 Å². The predicted octanol–water partition coefficient (Wildman–Crippen LogP) is 1.78. The van der Waals surface area contributed by atoms with Crippen molar-refractivity contribution in [3.8, 4) is 0 Å². The van der Waals surface area contributed by atoms with E-state index in [0.717, 1.165) is 11.1 Å². The van der Waals surface area contributed by atoms with Crippen molar-refractivity contribution in [3.63, 3.8) is 0 Å². The van der Waals surface area contributed by atoms with E-state index in [-0.39, 0.29) is 11.9 Å². The molecule has 2 atom stereocenters. The minimum Gasteiger partial charge on any atom is -0.369 e. The number of carbonyl (C=O) groups excluding carboxylic acids is 1. The van der Waals surface area contributed by atoms with Gasteiger partial charge in [-0.2, -0.15) is 0 Å². The van der Waals surface area contributed by atoms with E-state index in [4.69, 9.17) is 13.6 Å². The molecule has 1 aliphatic rings. The standard InChI is InChI=1S/C20H23BN4O/c1-12(2)13-5-7-14(8-6-13)17-18(26)25(4)19(22)24-20(17,3)15-9-10-23-16(21)11-15/h5-12,17H,1-4H3,(H2,22,24)/t17-,20-/m1/s1. The number of hydrogen-bond acceptors (Lipinski definition) is 4. The molecule has 0 aliphatic carbocycles. The lowest BCUT2D eigenvalue weighted by Gasteiger charge is -2.41. The highest BCUT2D eigenvalue weighted by Crippen LogP contribution is 2.43. The molecule has 2 N–H and O–H groups in total. The van der Waals surface area contributed by atoms with E-state index < -0.39 is 11.5 Å². The Balaban J connectivity index is 2.17. The van der Waals surface area contributed by atoms with Crippen molar-refractivity contribution < 1.29 is 4.79 Å². The highest BCUT2D eigenvalue weighted by Gasteiger charge is 2.47. The van der Waals surface area contributed by atoms with Gasteiger partial charge >= 0.3 is 0 Å². The van der Waals surface area contributed by atoms with E-state index in [0.29, 0.717) is 11.5 Å². The summed E-state index contributed by atoms with van der Waals surface area (Å²) < 4.78 is 0. The van der Waals surface area contributed by atoms with Crippen molar-refractivity contribution in [1.29, 1.82) is 0 Å². The highest BCUT2D eigenvalue weighted by molar-refractivity contribution is 6.30. The Morgan fingerprint density at radius 2 is 1.88 bits per heavy atom. The molecule has 2 heterocycles. The average molecular weight is 346 g/mol. The molecule has 1 aliphatic heterocycles. The van der Waals surface area contributed by atoms with Crippen molar-refractivity contribution in [1.82, 2.24) is 9.88 Å². The first-order chi connectivity index (χ1) is 12.2. The van der Waals surface area contributed by atoms with Crippen molar-refractivity contribution in [2.24, 2.45) is 10.7 Å². The van der Waals surface area contributed by atoms with Crippen molar-refractivity contribution in [3.05, 3.63) is 59.3 Å². The first-order valence-corrected chi connectivity index (χ1v) is 8.69. The smallest absolute Gasteiger partial charge is 0.239 e. The minimum absolute atomic E-state index is 0.0901. The van der Waals surface area contributed by atoms with Crippen LogP contribution in [0.15, 0.2) is 47.6 Å². The molecule has 0 bridgehead atoms. The second-order valence-corrected chi connectivity index (χ2v) is 7.24. The molecule has 1 amide bonds. The maximum absolute atomic E-state index is 13.1. The van der Waals surface area contributed by atoms with Crippen LogP contribution in [-0.2, 0) is 10.3 Å². The van der Waals surface area contributed by atoms with Crippen molar-refractivity contribution >= 4 is 25.3 Å². The Kier molecular flexibility index (Phi) is 4.61. The van der Waals surface area contributed by atoms with E-state index in [1.807, 2.05) is 25.1 Å². The van der Waals surface area contributed by atoms with Gasteiger partial charge in [-0.05, 0) is 47.3 Å². The first kappa shape index (κ1) is 18.2. The molecule has 3 rings (SSSR count). The van der Waals surface area contributed by atoms with Crippen LogP contribution in [0.3, 0.4) is 0 Å². The molecule has 0 unspecified atom stereocenters. The molecule has 1 aromatic carbocycles. The number of nitrogens with zero attached hydrogens (tertiary/aromatic N) is 3. The van der Waals surface area contributed by atoms with Crippen LogP contribution in [0.1, 0.15) is 49.3 Å². The monoisotopic (exact) mass is 346 g/mol. The molecule has 0 spiro atoms. The third kappa shape index (κ3) is 3.00. The number of guanidine groups is 1. The molecule has 0 saturated heterocycles. The first-order valence-electron chi connectivity index (χ1n) is 8.69. The molecule has 2 radical (unpaired) electrons. The predicted molar refractivity (Wildman–Crippen MR) is 105 cm³/mol. The van der Waals surface area contributed by atoms with Gasteiger partial charge in [-0.1, -0.05) is 38.1 Å². The number of carbonyl (C=O) groups is 1. The second kappa shape index (κ2) is 6.59. The lowest BCUT2D eigenvalue weighted by Crippen LogP contribution is -2.52. The molecule has 0 fully saturated rings. The van der Waals surface area contributed by atoms with Crippen LogP contribution in [0.25, 0.3) is 0 Å². The van der Waals surface area contributed by atoms with Gasteiger partial charge in [0.25, 0.3) is 0 Å². The van der Waals surface area contributed by atoms with Crippen molar-refractivity contribution in [2.45, 2.75) is 38.1 Å². The lowest BCUT2D eigenvalue weighted by atomic mass is 9.74. The van der Waals surface area contributed by atoms with Gasteiger partial charge < -0.3 is 5.73 Å². The highest BCUT2D eigenvalue weighted by atomic mass is 16.2. The number of likely N-dealkylation sites (N-methyl/N-ethyl adjacent to an activating group) is 1. The lowest BCUT2D eigenvalue weighted by molar-refractivity contribution is -0.130. The average Bonchev–Trinajstić information content (AvgIpc) is 2.60. The molecule has 0 saturated carbocycles. The van der Waals surface area contributed by atoms with Gasteiger partial charge in [-0.3, -0.25) is 14.7 Å². The number of aromatic nitrogens is 1. The molecule has 5 nitrogen and oxygen atoms in total. The summed E-state index contributed by atoms with van der Waals surface area (Å²) in [4.78, 5) is 23.3. The zero-order chi connectivity index (χ0) is 19.1. The van der Waals surface area contributed by atoms with Crippen LogP contribution in [-0.4, -0.2) is 36.6 Å². The van der Waals surface area contributed by atoms with Gasteiger partial charge in [0.15, 0.2) is 5.96 Å². The Hall–Kier alpha value is -2.63. The zero-order valence-electron chi connectivity index (χ0n) is 15.6. The largest absolute Gasteiger partial charge is 0.369 e. The summed E-state index contributed by atoms with van der Waals surface area (Å²) in [7, 11) is 7.52. The fraction of sp³-hybridized carbons (Fsp3) is 0.350. The molecular formula is C20H23BN4O. The van der Waals surface area contributed by atoms with E-state index in [1.165, 1.54) is 10.5 Å². The van der Waals surface area contributed by atoms with Gasteiger partial charge in [0, 0.05) is 13.2 Å². The Morgan fingerprint density at radius 1 is 1.23 bits per heavy atom. The topological polar surface area (TPSA) is 71.6 Å². The number of pyridine rings is 1. The summed E-state index contributed by atoms with van der Waals surface area (Å²) in [6, 6.07) is 11.7. The number of rotatable bonds is 3. The van der Waals surface area contributed by atoms with Crippen LogP contribution in [0.5, 0.6) is 0 Å². The van der Waals surface area contributed by atoms with Crippen LogP contribution in [0, 0.1) is 0 Å². The Morgan fingerprint density at radius 3 is 2.46 bits per heavy atom. The van der Waals surface area contributed by atoms with Gasteiger partial charge in [-0.15, -0.1) is 0 Å². The Bertz CT molecular complexity index is 862. The summed E-state index contributed by atoms with van der Waals surface area (Å²) in [5.41, 5.74) is 8.50. The molecule has 6 heteroatoms. The van der Waals surface area contributed by atoms with Gasteiger partial charge in [0.2, 0.25) is 5.91 Å². The van der Waals surface area contributed by atoms with Crippen molar-refractivity contribution in [2.75, 3.05) is 7.05 Å². The molecule has 132 valence electrons. The van der Waals surface area contributed by atoms with E-state index >= 15 is 0 Å². The minimum atomic E-state index is -0.857. The van der Waals surface area contributed by atoms with Crippen LogP contribution < -0.4 is 11.3 Å². The van der Waals surface area contributed by atoms with Gasteiger partial charge in [0.05, 0.1) is 5.92 Å². The maximum atomic E-state index is 13.1.